The summed E-state index contributed by atoms with van der Waals surface area (Å²) in [6.07, 6.45) is 5.31. The first-order valence-electron chi connectivity index (χ1n) is 10.5. The number of allylic oxidation sites excluding steroid dienone is 2. The summed E-state index contributed by atoms with van der Waals surface area (Å²) in [6.45, 7) is 0. The highest BCUT2D eigenvalue weighted by atomic mass is 16.1. The molecule has 3 aliphatic carbocycles. The molecule has 0 heterocycles. The summed E-state index contributed by atoms with van der Waals surface area (Å²) in [5.74, 6) is 0.189. The van der Waals surface area contributed by atoms with Crippen LogP contribution in [0.1, 0.15) is 44.7 Å². The van der Waals surface area contributed by atoms with Gasteiger partial charge in [0.05, 0.1) is 10.8 Å². The molecule has 2 spiro atoms. The Morgan fingerprint density at radius 1 is 0.533 bits per heavy atom. The molecule has 0 radical (unpaired) electrons. The van der Waals surface area contributed by atoms with Gasteiger partial charge in [-0.15, -0.1) is 0 Å². The van der Waals surface area contributed by atoms with Crippen molar-refractivity contribution in [2.75, 3.05) is 0 Å². The highest BCUT2D eigenvalue weighted by molar-refractivity contribution is 6.29. The normalized spacial score (nSPS) is 26.0. The number of benzene rings is 4. The Kier molecular flexibility index (Phi) is 2.79. The van der Waals surface area contributed by atoms with Crippen LogP contribution in [0.5, 0.6) is 0 Å². The number of fused-ring (bicyclic) bond motifs is 3. The second-order valence-electron chi connectivity index (χ2n) is 8.77. The van der Waals surface area contributed by atoms with E-state index in [2.05, 4.69) is 48.6 Å². The van der Waals surface area contributed by atoms with Crippen LogP contribution in [-0.4, -0.2) is 11.6 Å². The van der Waals surface area contributed by atoms with E-state index in [0.717, 1.165) is 43.8 Å². The van der Waals surface area contributed by atoms with Crippen molar-refractivity contribution in [2.24, 2.45) is 0 Å². The van der Waals surface area contributed by atoms with E-state index in [4.69, 9.17) is 0 Å². The summed E-state index contributed by atoms with van der Waals surface area (Å²) in [4.78, 5) is 28.5. The Balaban J connectivity index is 1.67. The van der Waals surface area contributed by atoms with Crippen LogP contribution in [0.15, 0.2) is 84.9 Å². The molecule has 0 bridgehead atoms. The second-order valence-corrected chi connectivity index (χ2v) is 8.77. The number of carbonyl (C=O) groups is 2. The fraction of sp³-hybridized carbons (Fsp3) is 0.143. The zero-order valence-corrected chi connectivity index (χ0v) is 16.3. The second kappa shape index (κ2) is 5.14. The number of rotatable bonds is 0. The average molecular weight is 386 g/mol. The van der Waals surface area contributed by atoms with Gasteiger partial charge in [-0.05, 0) is 45.5 Å². The maximum atomic E-state index is 14.2. The van der Waals surface area contributed by atoms with Gasteiger partial charge in [0.1, 0.15) is 0 Å². The van der Waals surface area contributed by atoms with Crippen LogP contribution in [0.3, 0.4) is 0 Å². The van der Waals surface area contributed by atoms with Crippen LogP contribution in [0.25, 0.3) is 21.5 Å². The van der Waals surface area contributed by atoms with Gasteiger partial charge in [0, 0.05) is 11.1 Å². The summed E-state index contributed by atoms with van der Waals surface area (Å²) in [7, 11) is 0. The predicted octanol–water partition coefficient (Wildman–Crippen LogP) is 5.91. The highest BCUT2D eigenvalue weighted by Crippen LogP contribution is 2.62. The van der Waals surface area contributed by atoms with Crippen molar-refractivity contribution in [1.82, 2.24) is 0 Å². The SMILES string of the molecule is O=C1c2cccc3cccc(c23)[C@]12CC=CC[C@@]21C(=O)c2cccc3cccc1c23. The molecule has 2 atom stereocenters. The zero-order chi connectivity index (χ0) is 20.1. The molecular formula is C28H18O2. The third-order valence-electron chi connectivity index (χ3n) is 7.74. The summed E-state index contributed by atoms with van der Waals surface area (Å²) in [6, 6.07) is 24.2. The molecule has 0 saturated heterocycles. The van der Waals surface area contributed by atoms with Crippen molar-refractivity contribution in [3.63, 3.8) is 0 Å². The Bertz CT molecular complexity index is 1370. The van der Waals surface area contributed by atoms with Crippen molar-refractivity contribution in [2.45, 2.75) is 23.7 Å². The van der Waals surface area contributed by atoms with Gasteiger partial charge < -0.3 is 0 Å². The van der Waals surface area contributed by atoms with Crippen molar-refractivity contribution in [3.05, 3.63) is 107 Å². The van der Waals surface area contributed by atoms with Gasteiger partial charge in [-0.1, -0.05) is 84.9 Å². The Hall–Kier alpha value is -3.52. The molecule has 0 unspecified atom stereocenters. The maximum absolute atomic E-state index is 14.2. The third-order valence-corrected chi connectivity index (χ3v) is 7.74. The lowest BCUT2D eigenvalue weighted by molar-refractivity contribution is 0.0665. The Morgan fingerprint density at radius 3 is 1.37 bits per heavy atom. The number of hydrogen-bond donors (Lipinski definition) is 0. The molecule has 0 saturated carbocycles. The monoisotopic (exact) mass is 386 g/mol. The molecule has 4 aromatic carbocycles. The molecule has 0 amide bonds. The van der Waals surface area contributed by atoms with Crippen molar-refractivity contribution in [1.29, 1.82) is 0 Å². The van der Waals surface area contributed by atoms with Crippen LogP contribution in [-0.2, 0) is 10.8 Å². The molecule has 0 aromatic heterocycles. The van der Waals surface area contributed by atoms with E-state index in [1.807, 2.05) is 36.4 Å². The van der Waals surface area contributed by atoms with E-state index < -0.39 is 10.8 Å². The van der Waals surface area contributed by atoms with Crippen molar-refractivity contribution < 1.29 is 9.59 Å². The van der Waals surface area contributed by atoms with Crippen molar-refractivity contribution in [3.8, 4) is 0 Å². The standard InChI is InChI=1S/C28H18O2/c29-25-19-11-3-7-17-9-5-13-21(23(17)19)27(25)15-1-2-16-28(27)22-14-6-10-18-8-4-12-20(24(18)22)26(28)30/h1-14H,15-16H2/t27-,28-/m1/s1. The van der Waals surface area contributed by atoms with E-state index in [1.165, 1.54) is 0 Å². The lowest BCUT2D eigenvalue weighted by Crippen LogP contribution is -2.56. The zero-order valence-electron chi connectivity index (χ0n) is 16.3. The molecule has 0 N–H and O–H groups in total. The molecule has 30 heavy (non-hydrogen) atoms. The van der Waals surface area contributed by atoms with E-state index in [-0.39, 0.29) is 11.6 Å². The number of hydrogen-bond acceptors (Lipinski definition) is 2. The lowest BCUT2D eigenvalue weighted by atomic mass is 9.51. The molecule has 2 heteroatoms. The molecule has 7 rings (SSSR count). The summed E-state index contributed by atoms with van der Waals surface area (Å²) >= 11 is 0. The summed E-state index contributed by atoms with van der Waals surface area (Å²) < 4.78 is 0. The topological polar surface area (TPSA) is 34.1 Å². The Labute approximate surface area is 173 Å². The van der Waals surface area contributed by atoms with Gasteiger partial charge in [0.2, 0.25) is 0 Å². The van der Waals surface area contributed by atoms with Crippen LogP contribution >= 0.6 is 0 Å². The first-order chi connectivity index (χ1) is 14.7. The van der Waals surface area contributed by atoms with Crippen LogP contribution in [0.4, 0.5) is 0 Å². The third kappa shape index (κ3) is 1.51. The van der Waals surface area contributed by atoms with E-state index in [0.29, 0.717) is 12.8 Å². The predicted molar refractivity (Wildman–Crippen MR) is 118 cm³/mol. The minimum atomic E-state index is -0.894. The van der Waals surface area contributed by atoms with Crippen LogP contribution < -0.4 is 0 Å². The van der Waals surface area contributed by atoms with E-state index >= 15 is 0 Å². The molecular weight excluding hydrogens is 368 g/mol. The minimum Gasteiger partial charge on any atom is -0.293 e. The average Bonchev–Trinajstić information content (AvgIpc) is 3.18. The van der Waals surface area contributed by atoms with Crippen molar-refractivity contribution >= 4 is 33.1 Å². The van der Waals surface area contributed by atoms with E-state index in [1.54, 1.807) is 0 Å². The van der Waals surface area contributed by atoms with Gasteiger partial charge in [-0.25, -0.2) is 0 Å². The highest BCUT2D eigenvalue weighted by Gasteiger charge is 2.67. The minimum absolute atomic E-state index is 0.0943. The quantitative estimate of drug-likeness (QED) is 0.352. The molecule has 2 nitrogen and oxygen atoms in total. The molecule has 0 fully saturated rings. The van der Waals surface area contributed by atoms with Gasteiger partial charge in [-0.3, -0.25) is 9.59 Å². The first-order valence-corrected chi connectivity index (χ1v) is 10.5. The lowest BCUT2D eigenvalue weighted by Gasteiger charge is -2.47. The molecule has 0 aliphatic heterocycles. The maximum Gasteiger partial charge on any atom is 0.175 e. The smallest absolute Gasteiger partial charge is 0.175 e. The molecule has 3 aliphatic rings. The largest absolute Gasteiger partial charge is 0.293 e. The van der Waals surface area contributed by atoms with Gasteiger partial charge in [-0.2, -0.15) is 0 Å². The number of carbonyl (C=O) groups excluding carboxylic acids is 2. The molecule has 142 valence electrons. The fourth-order valence-electron chi connectivity index (χ4n) is 6.60. The van der Waals surface area contributed by atoms with Gasteiger partial charge in [0.25, 0.3) is 0 Å². The van der Waals surface area contributed by atoms with E-state index in [9.17, 15) is 9.59 Å². The van der Waals surface area contributed by atoms with Crippen LogP contribution in [0.2, 0.25) is 0 Å². The fourth-order valence-corrected chi connectivity index (χ4v) is 6.60. The summed E-state index contributed by atoms with van der Waals surface area (Å²) in [5, 5.41) is 4.19. The number of ketones is 2. The number of Topliss-reactive ketones (excluding diaryl/α,β-unsaturated/α-hetero) is 2. The van der Waals surface area contributed by atoms with Gasteiger partial charge in [0.15, 0.2) is 11.6 Å². The van der Waals surface area contributed by atoms with Gasteiger partial charge >= 0.3 is 0 Å². The summed E-state index contributed by atoms with van der Waals surface area (Å²) in [5.41, 5.74) is 1.76. The Morgan fingerprint density at radius 2 is 0.933 bits per heavy atom. The first kappa shape index (κ1) is 16.3. The van der Waals surface area contributed by atoms with Crippen LogP contribution in [0, 0.1) is 0 Å². The molecule has 4 aromatic rings.